The van der Waals surface area contributed by atoms with Crippen molar-refractivity contribution < 1.29 is 18.3 Å². The molecule has 7 heteroatoms. The maximum absolute atomic E-state index is 12.5. The van der Waals surface area contributed by atoms with Crippen LogP contribution in [0.25, 0.3) is 0 Å². The number of likely N-dealkylation sites (tertiary alicyclic amines) is 1. The molecule has 1 aromatic rings. The second kappa shape index (κ2) is 5.79. The van der Waals surface area contributed by atoms with Crippen LogP contribution in [-0.2, 0) is 9.84 Å². The van der Waals surface area contributed by atoms with E-state index in [9.17, 15) is 18.3 Å². The maximum atomic E-state index is 12.5. The van der Waals surface area contributed by atoms with E-state index < -0.39 is 15.9 Å². The fraction of sp³-hybridized carbons (Fsp3) is 0.562. The molecule has 0 aromatic heterocycles. The Labute approximate surface area is 136 Å². The third kappa shape index (κ3) is 3.07. The van der Waals surface area contributed by atoms with Crippen molar-refractivity contribution in [3.05, 3.63) is 23.8 Å². The van der Waals surface area contributed by atoms with Gasteiger partial charge in [-0.2, -0.15) is 0 Å². The van der Waals surface area contributed by atoms with E-state index in [2.05, 4.69) is 5.32 Å². The first-order valence-corrected chi connectivity index (χ1v) is 9.73. The molecule has 2 amide bonds. The van der Waals surface area contributed by atoms with E-state index in [0.29, 0.717) is 23.7 Å². The molecule has 0 spiro atoms. The smallest absolute Gasteiger partial charge is 0.322 e. The van der Waals surface area contributed by atoms with Crippen LogP contribution in [0.15, 0.2) is 23.1 Å². The van der Waals surface area contributed by atoms with Crippen molar-refractivity contribution in [3.63, 3.8) is 0 Å². The summed E-state index contributed by atoms with van der Waals surface area (Å²) in [5.74, 6) is 0.375. The molecule has 6 nitrogen and oxygen atoms in total. The molecular formula is C16H22N2O4S. The van der Waals surface area contributed by atoms with Gasteiger partial charge in [-0.05, 0) is 49.8 Å². The van der Waals surface area contributed by atoms with Gasteiger partial charge in [0.15, 0.2) is 9.84 Å². The number of anilines is 1. The summed E-state index contributed by atoms with van der Waals surface area (Å²) in [7, 11) is -3.34. The van der Waals surface area contributed by atoms with Crippen LogP contribution in [-0.4, -0.2) is 49.4 Å². The van der Waals surface area contributed by atoms with Crippen LogP contribution in [0.2, 0.25) is 0 Å². The third-order valence-corrected chi connectivity index (χ3v) is 6.15. The minimum absolute atomic E-state index is 0.116. The van der Waals surface area contributed by atoms with Gasteiger partial charge in [0.2, 0.25) is 0 Å². The number of nitrogens with zero attached hydrogens (tertiary/aromatic N) is 1. The largest absolute Gasteiger partial charge is 0.391 e. The van der Waals surface area contributed by atoms with Crippen molar-refractivity contribution in [1.82, 2.24) is 4.90 Å². The fourth-order valence-corrected chi connectivity index (χ4v) is 4.78. The SMILES string of the molecule is Cc1ccc(NC(=O)N2CC[C@@H]3CC[C@@H](O)[C@@H]32)cc1S(C)(=O)=O. The lowest BCUT2D eigenvalue weighted by Crippen LogP contribution is -2.44. The second-order valence-electron chi connectivity index (χ2n) is 6.56. The molecule has 23 heavy (non-hydrogen) atoms. The standard InChI is InChI=1S/C16H22N2O4S/c1-10-3-5-12(9-14(10)23(2,21)22)17-16(20)18-8-7-11-4-6-13(19)15(11)18/h3,5,9,11,13,15,19H,4,6-8H2,1-2H3,(H,17,20)/t11-,13+,15+/m0/s1. The van der Waals surface area contributed by atoms with E-state index in [4.69, 9.17) is 0 Å². The van der Waals surface area contributed by atoms with Crippen molar-refractivity contribution in [2.45, 2.75) is 43.2 Å². The summed E-state index contributed by atoms with van der Waals surface area (Å²) in [4.78, 5) is 14.4. The number of amides is 2. The summed E-state index contributed by atoms with van der Waals surface area (Å²) in [6.45, 7) is 2.35. The van der Waals surface area contributed by atoms with Crippen LogP contribution < -0.4 is 5.32 Å². The first kappa shape index (κ1) is 16.3. The van der Waals surface area contributed by atoms with Crippen molar-refractivity contribution in [1.29, 1.82) is 0 Å². The van der Waals surface area contributed by atoms with Crippen molar-refractivity contribution in [2.24, 2.45) is 5.92 Å². The van der Waals surface area contributed by atoms with Gasteiger partial charge in [-0.1, -0.05) is 6.07 Å². The first-order valence-electron chi connectivity index (χ1n) is 7.84. The summed E-state index contributed by atoms with van der Waals surface area (Å²) in [6.07, 6.45) is 3.30. The maximum Gasteiger partial charge on any atom is 0.322 e. The predicted molar refractivity (Wildman–Crippen MR) is 87.1 cm³/mol. The lowest BCUT2D eigenvalue weighted by molar-refractivity contribution is 0.101. The molecule has 2 aliphatic rings. The monoisotopic (exact) mass is 338 g/mol. The Kier molecular flexibility index (Phi) is 4.10. The van der Waals surface area contributed by atoms with Gasteiger partial charge in [0.1, 0.15) is 0 Å². The van der Waals surface area contributed by atoms with Crippen LogP contribution in [0.1, 0.15) is 24.8 Å². The van der Waals surface area contributed by atoms with Gasteiger partial charge >= 0.3 is 6.03 Å². The highest BCUT2D eigenvalue weighted by molar-refractivity contribution is 7.90. The minimum atomic E-state index is -3.34. The summed E-state index contributed by atoms with van der Waals surface area (Å²) in [6, 6.07) is 4.47. The highest BCUT2D eigenvalue weighted by atomic mass is 32.2. The van der Waals surface area contributed by atoms with E-state index in [1.54, 1.807) is 24.0 Å². The van der Waals surface area contributed by atoms with Gasteiger partial charge < -0.3 is 15.3 Å². The molecule has 1 saturated carbocycles. The highest BCUT2D eigenvalue weighted by Crippen LogP contribution is 2.38. The molecule has 3 rings (SSSR count). The molecule has 2 fully saturated rings. The van der Waals surface area contributed by atoms with Gasteiger partial charge in [-0.3, -0.25) is 0 Å². The Morgan fingerprint density at radius 1 is 1.30 bits per heavy atom. The summed E-state index contributed by atoms with van der Waals surface area (Å²) < 4.78 is 23.6. The highest BCUT2D eigenvalue weighted by Gasteiger charge is 2.45. The number of benzene rings is 1. The lowest BCUT2D eigenvalue weighted by Gasteiger charge is -2.27. The average molecular weight is 338 g/mol. The molecule has 1 aliphatic heterocycles. The van der Waals surface area contributed by atoms with Crippen molar-refractivity contribution in [3.8, 4) is 0 Å². The van der Waals surface area contributed by atoms with E-state index in [-0.39, 0.29) is 17.0 Å². The first-order chi connectivity index (χ1) is 10.8. The zero-order chi connectivity index (χ0) is 16.8. The number of aliphatic hydroxyl groups is 1. The van der Waals surface area contributed by atoms with Crippen LogP contribution in [0, 0.1) is 12.8 Å². The van der Waals surface area contributed by atoms with Crippen LogP contribution in [0.4, 0.5) is 10.5 Å². The number of fused-ring (bicyclic) bond motifs is 1. The quantitative estimate of drug-likeness (QED) is 0.860. The second-order valence-corrected chi connectivity index (χ2v) is 8.54. The molecule has 1 aromatic carbocycles. The van der Waals surface area contributed by atoms with E-state index >= 15 is 0 Å². The predicted octanol–water partition coefficient (Wildman–Crippen LogP) is 1.78. The average Bonchev–Trinajstić information content (AvgIpc) is 3.03. The van der Waals surface area contributed by atoms with E-state index in [1.165, 1.54) is 6.07 Å². The number of nitrogens with one attached hydrogen (secondary N) is 1. The topological polar surface area (TPSA) is 86.7 Å². The van der Waals surface area contributed by atoms with E-state index in [1.807, 2.05) is 0 Å². The zero-order valence-electron chi connectivity index (χ0n) is 13.3. The Hall–Kier alpha value is -1.60. The van der Waals surface area contributed by atoms with Crippen LogP contribution in [0.5, 0.6) is 0 Å². The Morgan fingerprint density at radius 3 is 2.74 bits per heavy atom. The summed E-state index contributed by atoms with van der Waals surface area (Å²) in [5, 5.41) is 12.8. The minimum Gasteiger partial charge on any atom is -0.391 e. The number of rotatable bonds is 2. The normalized spacial score (nSPS) is 27.1. The number of aryl methyl sites for hydroxylation is 1. The Bertz CT molecular complexity index is 732. The lowest BCUT2D eigenvalue weighted by atomic mass is 10.0. The number of urea groups is 1. The molecule has 0 unspecified atom stereocenters. The number of hydrogen-bond acceptors (Lipinski definition) is 4. The number of aliphatic hydroxyl groups excluding tert-OH is 1. The molecule has 1 saturated heterocycles. The number of sulfone groups is 1. The molecular weight excluding hydrogens is 316 g/mol. The van der Waals surface area contributed by atoms with Crippen molar-refractivity contribution in [2.75, 3.05) is 18.1 Å². The number of carbonyl (C=O) groups excluding carboxylic acids is 1. The van der Waals surface area contributed by atoms with Gasteiger partial charge in [0, 0.05) is 18.5 Å². The number of carbonyl (C=O) groups is 1. The molecule has 0 bridgehead atoms. The van der Waals surface area contributed by atoms with Gasteiger partial charge in [-0.15, -0.1) is 0 Å². The Morgan fingerprint density at radius 2 is 2.04 bits per heavy atom. The van der Waals surface area contributed by atoms with Crippen LogP contribution in [0.3, 0.4) is 0 Å². The summed E-state index contributed by atoms with van der Waals surface area (Å²) >= 11 is 0. The van der Waals surface area contributed by atoms with Gasteiger partial charge in [0.05, 0.1) is 17.0 Å². The molecule has 1 heterocycles. The number of hydrogen-bond donors (Lipinski definition) is 2. The van der Waals surface area contributed by atoms with Crippen LogP contribution >= 0.6 is 0 Å². The zero-order valence-corrected chi connectivity index (χ0v) is 14.1. The molecule has 0 radical (unpaired) electrons. The molecule has 2 N–H and O–H groups in total. The fourth-order valence-electron chi connectivity index (χ4n) is 3.78. The third-order valence-electron chi connectivity index (χ3n) is 4.91. The molecule has 1 aliphatic carbocycles. The van der Waals surface area contributed by atoms with E-state index in [0.717, 1.165) is 25.5 Å². The van der Waals surface area contributed by atoms with Crippen molar-refractivity contribution >= 4 is 21.6 Å². The van der Waals surface area contributed by atoms with Gasteiger partial charge in [0.25, 0.3) is 0 Å². The molecule has 126 valence electrons. The van der Waals surface area contributed by atoms with Gasteiger partial charge in [-0.25, -0.2) is 13.2 Å². The summed E-state index contributed by atoms with van der Waals surface area (Å²) in [5.41, 5.74) is 1.11. The Balaban J connectivity index is 1.79. The molecule has 3 atom stereocenters.